The van der Waals surface area contributed by atoms with Gasteiger partial charge in [-0.3, -0.25) is 4.90 Å². The zero-order valence-corrected chi connectivity index (χ0v) is 16.0. The molecule has 1 aromatic carbocycles. The number of nitrogens with one attached hydrogen (secondary N) is 1. The zero-order valence-electron chi connectivity index (χ0n) is 14.4. The highest BCUT2D eigenvalue weighted by Gasteiger charge is 2.33. The molecule has 25 heavy (non-hydrogen) atoms. The first-order chi connectivity index (χ1) is 10.8. The summed E-state index contributed by atoms with van der Waals surface area (Å²) in [6.07, 6.45) is -3.67. The molecule has 1 atom stereocenters. The molecule has 1 aromatic rings. The molecule has 1 N–H and O–H groups in total. The van der Waals surface area contributed by atoms with E-state index in [9.17, 15) is 13.2 Å². The number of alkyl halides is 3. The van der Waals surface area contributed by atoms with Crippen LogP contribution in [0.5, 0.6) is 5.75 Å². The van der Waals surface area contributed by atoms with E-state index in [2.05, 4.69) is 16.8 Å². The Morgan fingerprint density at radius 3 is 2.36 bits per heavy atom. The van der Waals surface area contributed by atoms with Crippen LogP contribution in [0, 0.1) is 0 Å². The molecule has 2 rings (SSSR count). The Balaban J connectivity index is 0.00000288. The monoisotopic (exact) mass is 400 g/mol. The fourth-order valence-electron chi connectivity index (χ4n) is 2.92. The molecule has 1 saturated heterocycles. The van der Waals surface area contributed by atoms with Crippen molar-refractivity contribution in [1.82, 2.24) is 10.2 Å². The maximum Gasteiger partial charge on any atom is 0.416 e. The van der Waals surface area contributed by atoms with Crippen molar-refractivity contribution in [2.75, 3.05) is 33.3 Å². The molecule has 0 unspecified atom stereocenters. The third-order valence-corrected chi connectivity index (χ3v) is 4.05. The molecule has 0 aliphatic carbocycles. The number of benzene rings is 1. The third-order valence-electron chi connectivity index (χ3n) is 4.05. The Hall–Kier alpha value is -0.950. The zero-order chi connectivity index (χ0) is 17.0. The van der Waals surface area contributed by atoms with Crippen LogP contribution in [-0.4, -0.2) is 38.2 Å². The second kappa shape index (κ2) is 10.3. The maximum atomic E-state index is 12.9. The molecule has 8 heteroatoms. The van der Waals surface area contributed by atoms with Crippen LogP contribution in [-0.2, 0) is 6.18 Å². The van der Waals surface area contributed by atoms with Crippen molar-refractivity contribution in [1.29, 1.82) is 0 Å². The van der Waals surface area contributed by atoms with Crippen LogP contribution in [0.3, 0.4) is 0 Å². The molecule has 144 valence electrons. The first-order valence-electron chi connectivity index (χ1n) is 7.67. The van der Waals surface area contributed by atoms with Crippen molar-refractivity contribution in [3.63, 3.8) is 0 Å². The average Bonchev–Trinajstić information content (AvgIpc) is 2.52. The van der Waals surface area contributed by atoms with Crippen LogP contribution in [0.2, 0.25) is 0 Å². The number of methoxy groups -OCH3 is 1. The molecule has 0 aromatic heterocycles. The molecule has 0 spiro atoms. The van der Waals surface area contributed by atoms with Gasteiger partial charge in [-0.05, 0) is 25.5 Å². The van der Waals surface area contributed by atoms with Gasteiger partial charge >= 0.3 is 6.18 Å². The SMILES string of the molecule is C=C(C)C[C@H](c1ccc(C(F)(F)F)cc1OC)N1CCNCC1.Cl.Cl. The van der Waals surface area contributed by atoms with Gasteiger partial charge in [-0.25, -0.2) is 0 Å². The van der Waals surface area contributed by atoms with Crippen molar-refractivity contribution in [2.45, 2.75) is 25.6 Å². The molecule has 1 heterocycles. The van der Waals surface area contributed by atoms with Crippen molar-refractivity contribution >= 4 is 24.8 Å². The lowest BCUT2D eigenvalue weighted by Crippen LogP contribution is -2.45. The smallest absolute Gasteiger partial charge is 0.416 e. The van der Waals surface area contributed by atoms with Crippen LogP contribution in [0.4, 0.5) is 13.2 Å². The number of rotatable bonds is 5. The molecule has 1 aliphatic heterocycles. The van der Waals surface area contributed by atoms with E-state index >= 15 is 0 Å². The van der Waals surface area contributed by atoms with Crippen molar-refractivity contribution in [3.8, 4) is 5.75 Å². The molecule has 3 nitrogen and oxygen atoms in total. The highest BCUT2D eigenvalue weighted by molar-refractivity contribution is 5.85. The molecule has 1 aliphatic rings. The van der Waals surface area contributed by atoms with Gasteiger partial charge in [0, 0.05) is 37.8 Å². The third kappa shape index (κ3) is 6.37. The van der Waals surface area contributed by atoms with Gasteiger partial charge in [-0.15, -0.1) is 31.4 Å². The summed E-state index contributed by atoms with van der Waals surface area (Å²) in [5.74, 6) is 0.282. The summed E-state index contributed by atoms with van der Waals surface area (Å²) in [6, 6.07) is 3.73. The normalized spacial score (nSPS) is 16.4. The number of hydrogen-bond acceptors (Lipinski definition) is 3. The molecule has 1 fully saturated rings. The van der Waals surface area contributed by atoms with Gasteiger partial charge in [-0.2, -0.15) is 13.2 Å². The number of piperazine rings is 1. The summed E-state index contributed by atoms with van der Waals surface area (Å²) in [5.41, 5.74) is 1.09. The van der Waals surface area contributed by atoms with Crippen LogP contribution >= 0.6 is 24.8 Å². The van der Waals surface area contributed by atoms with Gasteiger partial charge in [0.15, 0.2) is 0 Å². The van der Waals surface area contributed by atoms with Gasteiger partial charge in [0.25, 0.3) is 0 Å². The first-order valence-corrected chi connectivity index (χ1v) is 7.67. The van der Waals surface area contributed by atoms with Gasteiger partial charge in [-0.1, -0.05) is 11.6 Å². The lowest BCUT2D eigenvalue weighted by Gasteiger charge is -2.36. The van der Waals surface area contributed by atoms with E-state index < -0.39 is 11.7 Å². The fourth-order valence-corrected chi connectivity index (χ4v) is 2.92. The van der Waals surface area contributed by atoms with E-state index in [1.807, 2.05) is 6.92 Å². The summed E-state index contributed by atoms with van der Waals surface area (Å²) in [5, 5.41) is 3.29. The van der Waals surface area contributed by atoms with Crippen LogP contribution in [0.15, 0.2) is 30.4 Å². The molecule has 0 amide bonds. The van der Waals surface area contributed by atoms with E-state index in [0.29, 0.717) is 6.42 Å². The number of ether oxygens (including phenoxy) is 1. The predicted molar refractivity (Wildman–Crippen MR) is 99.1 cm³/mol. The minimum atomic E-state index is -4.37. The van der Waals surface area contributed by atoms with Gasteiger partial charge in [0.05, 0.1) is 12.7 Å². The summed E-state index contributed by atoms with van der Waals surface area (Å²) in [4.78, 5) is 2.27. The highest BCUT2D eigenvalue weighted by Crippen LogP contribution is 2.38. The fraction of sp³-hybridized carbons (Fsp3) is 0.529. The van der Waals surface area contributed by atoms with E-state index in [1.165, 1.54) is 13.2 Å². The lowest BCUT2D eigenvalue weighted by molar-refractivity contribution is -0.137. The van der Waals surface area contributed by atoms with Crippen LogP contribution in [0.1, 0.15) is 30.5 Å². The maximum absolute atomic E-state index is 12.9. The molecular formula is C17H25Cl2F3N2O. The quantitative estimate of drug-likeness (QED) is 0.737. The van der Waals surface area contributed by atoms with E-state index in [0.717, 1.165) is 49.4 Å². The lowest BCUT2D eigenvalue weighted by atomic mass is 9.95. The van der Waals surface area contributed by atoms with Crippen LogP contribution < -0.4 is 10.1 Å². The van der Waals surface area contributed by atoms with E-state index in [1.54, 1.807) is 0 Å². The Labute approximate surface area is 159 Å². The van der Waals surface area contributed by atoms with E-state index in [-0.39, 0.29) is 36.6 Å². The van der Waals surface area contributed by atoms with Gasteiger partial charge in [0.2, 0.25) is 0 Å². The minimum absolute atomic E-state index is 0. The summed E-state index contributed by atoms with van der Waals surface area (Å²) < 4.78 is 44.0. The van der Waals surface area contributed by atoms with Crippen molar-refractivity contribution < 1.29 is 17.9 Å². The molecule has 0 bridgehead atoms. The highest BCUT2D eigenvalue weighted by atomic mass is 35.5. The molecular weight excluding hydrogens is 376 g/mol. The first kappa shape index (κ1) is 24.1. The van der Waals surface area contributed by atoms with Gasteiger partial charge < -0.3 is 10.1 Å². The minimum Gasteiger partial charge on any atom is -0.496 e. The Kier molecular flexibility index (Phi) is 9.87. The summed E-state index contributed by atoms with van der Waals surface area (Å²) in [7, 11) is 1.41. The second-order valence-electron chi connectivity index (χ2n) is 5.92. The largest absolute Gasteiger partial charge is 0.496 e. The Morgan fingerprint density at radius 2 is 1.88 bits per heavy atom. The summed E-state index contributed by atoms with van der Waals surface area (Å²) in [6.45, 7) is 9.34. The topological polar surface area (TPSA) is 24.5 Å². The molecule has 0 radical (unpaired) electrons. The van der Waals surface area contributed by atoms with Crippen molar-refractivity contribution in [3.05, 3.63) is 41.5 Å². The Morgan fingerprint density at radius 1 is 1.28 bits per heavy atom. The van der Waals surface area contributed by atoms with E-state index in [4.69, 9.17) is 4.74 Å². The average molecular weight is 401 g/mol. The number of halogens is 5. The standard InChI is InChI=1S/C17H23F3N2O.2ClH/c1-12(2)10-15(22-8-6-21-7-9-22)14-5-4-13(17(18,19)20)11-16(14)23-3;;/h4-5,11,15,21H,1,6-10H2,2-3H3;2*1H/t15-;;/m1../s1. The predicted octanol–water partition coefficient (Wildman–Crippen LogP) is 4.47. The van der Waals surface area contributed by atoms with Crippen molar-refractivity contribution in [2.24, 2.45) is 0 Å². The molecule has 0 saturated carbocycles. The number of nitrogens with zero attached hydrogens (tertiary/aromatic N) is 1. The van der Waals surface area contributed by atoms with Gasteiger partial charge in [0.1, 0.15) is 5.75 Å². The Bertz CT molecular complexity index is 561. The van der Waals surface area contributed by atoms with Crippen LogP contribution in [0.25, 0.3) is 0 Å². The second-order valence-corrected chi connectivity index (χ2v) is 5.92. The number of hydrogen-bond donors (Lipinski definition) is 1. The summed E-state index contributed by atoms with van der Waals surface area (Å²) >= 11 is 0.